The van der Waals surface area contributed by atoms with Crippen molar-refractivity contribution < 1.29 is 18.9 Å². The number of allylic oxidation sites excluding steroid dienone is 2. The van der Waals surface area contributed by atoms with Crippen LogP contribution in [0.25, 0.3) is 5.57 Å². The van der Waals surface area contributed by atoms with Gasteiger partial charge in [0, 0.05) is 35.9 Å². The molecule has 29 heavy (non-hydrogen) atoms. The summed E-state index contributed by atoms with van der Waals surface area (Å²) in [5, 5.41) is 0. The third-order valence-electron chi connectivity index (χ3n) is 4.36. The van der Waals surface area contributed by atoms with Gasteiger partial charge in [0.2, 0.25) is 0 Å². The largest absolute Gasteiger partial charge is 0.497 e. The van der Waals surface area contributed by atoms with E-state index in [9.17, 15) is 0 Å². The first kappa shape index (κ1) is 22.1. The van der Waals surface area contributed by atoms with Gasteiger partial charge >= 0.3 is 0 Å². The molecule has 1 heterocycles. The number of benzene rings is 2. The molecule has 0 atom stereocenters. The zero-order chi connectivity index (χ0) is 21.2. The van der Waals surface area contributed by atoms with Crippen LogP contribution in [0.5, 0.6) is 17.2 Å². The van der Waals surface area contributed by atoms with Crippen LogP contribution in [-0.4, -0.2) is 34.2 Å². The standard InChI is InChI=1S/C22H23NO4.C2H6/c1-5-10-27-22-13-18-20(11-17(25-3)12-21(18)26-4)23-14-19(22)15-6-8-16(24-2)9-7-15;1-2/h5-9,11-12,14H,1,10,13H2,2-4H3;1-2H3. The van der Waals surface area contributed by atoms with E-state index in [1.165, 1.54) is 0 Å². The summed E-state index contributed by atoms with van der Waals surface area (Å²) >= 11 is 0. The van der Waals surface area contributed by atoms with Crippen molar-refractivity contribution in [3.05, 3.63) is 65.9 Å². The molecule has 5 heteroatoms. The van der Waals surface area contributed by atoms with Gasteiger partial charge in [-0.25, -0.2) is 0 Å². The lowest BCUT2D eigenvalue weighted by Gasteiger charge is -2.15. The highest BCUT2D eigenvalue weighted by Gasteiger charge is 2.20. The molecule has 0 fully saturated rings. The second-order valence-corrected chi connectivity index (χ2v) is 5.93. The molecule has 154 valence electrons. The lowest BCUT2D eigenvalue weighted by atomic mass is 10.0. The molecule has 0 saturated carbocycles. The molecule has 3 rings (SSSR count). The van der Waals surface area contributed by atoms with E-state index in [2.05, 4.69) is 11.6 Å². The van der Waals surface area contributed by atoms with Gasteiger partial charge in [-0.1, -0.05) is 38.6 Å². The quantitative estimate of drug-likeness (QED) is 0.572. The summed E-state index contributed by atoms with van der Waals surface area (Å²) < 4.78 is 22.2. The number of methoxy groups -OCH3 is 3. The van der Waals surface area contributed by atoms with Crippen LogP contribution in [0.3, 0.4) is 0 Å². The van der Waals surface area contributed by atoms with E-state index < -0.39 is 0 Å². The fraction of sp³-hybridized carbons (Fsp3) is 0.292. The first-order valence-corrected chi connectivity index (χ1v) is 9.60. The van der Waals surface area contributed by atoms with Gasteiger partial charge in [-0.2, -0.15) is 0 Å². The average Bonchev–Trinajstić information content (AvgIpc) is 2.97. The molecule has 0 aromatic heterocycles. The minimum absolute atomic E-state index is 0.413. The Kier molecular flexibility index (Phi) is 8.34. The minimum Gasteiger partial charge on any atom is -0.497 e. The van der Waals surface area contributed by atoms with Crippen LogP contribution < -0.4 is 14.2 Å². The van der Waals surface area contributed by atoms with Crippen LogP contribution >= 0.6 is 0 Å². The van der Waals surface area contributed by atoms with E-state index in [-0.39, 0.29) is 0 Å². The Hall–Kier alpha value is -3.21. The van der Waals surface area contributed by atoms with Crippen LogP contribution in [0.15, 0.2) is 59.8 Å². The molecule has 0 amide bonds. The van der Waals surface area contributed by atoms with Crippen molar-refractivity contribution in [2.45, 2.75) is 20.3 Å². The number of fused-ring (bicyclic) bond motifs is 1. The van der Waals surface area contributed by atoms with Gasteiger partial charge in [0.1, 0.15) is 29.6 Å². The molecular formula is C24H29NO4. The Morgan fingerprint density at radius 1 is 0.966 bits per heavy atom. The molecule has 0 unspecified atom stereocenters. The van der Waals surface area contributed by atoms with E-state index in [0.717, 1.165) is 39.6 Å². The number of aliphatic imine (C=N–C) groups is 1. The number of hydrogen-bond acceptors (Lipinski definition) is 5. The zero-order valence-corrected chi connectivity index (χ0v) is 17.8. The maximum absolute atomic E-state index is 6.00. The molecule has 0 spiro atoms. The van der Waals surface area contributed by atoms with Crippen LogP contribution in [0.4, 0.5) is 5.69 Å². The molecule has 0 N–H and O–H groups in total. The van der Waals surface area contributed by atoms with Gasteiger partial charge in [0.05, 0.1) is 27.0 Å². The maximum atomic E-state index is 6.00. The number of ether oxygens (including phenoxy) is 4. The number of hydrogen-bond donors (Lipinski definition) is 0. The Morgan fingerprint density at radius 3 is 2.24 bits per heavy atom. The van der Waals surface area contributed by atoms with E-state index >= 15 is 0 Å². The molecule has 2 aromatic carbocycles. The lowest BCUT2D eigenvalue weighted by molar-refractivity contribution is 0.243. The summed E-state index contributed by atoms with van der Waals surface area (Å²) in [6.07, 6.45) is 4.11. The highest BCUT2D eigenvalue weighted by atomic mass is 16.5. The number of nitrogens with zero attached hydrogens (tertiary/aromatic N) is 1. The molecule has 0 aliphatic carbocycles. The first-order chi connectivity index (χ1) is 14.2. The molecule has 0 saturated heterocycles. The van der Waals surface area contributed by atoms with Crippen molar-refractivity contribution in [1.82, 2.24) is 0 Å². The molecule has 0 radical (unpaired) electrons. The molecule has 2 aromatic rings. The summed E-state index contributed by atoms with van der Waals surface area (Å²) in [6.45, 7) is 8.16. The van der Waals surface area contributed by atoms with E-state index in [4.69, 9.17) is 18.9 Å². The third kappa shape index (κ3) is 5.19. The minimum atomic E-state index is 0.413. The summed E-state index contributed by atoms with van der Waals surface area (Å²) in [4.78, 5) is 4.68. The monoisotopic (exact) mass is 395 g/mol. The van der Waals surface area contributed by atoms with Crippen LogP contribution in [0, 0.1) is 0 Å². The van der Waals surface area contributed by atoms with Crippen molar-refractivity contribution in [3.63, 3.8) is 0 Å². The molecule has 1 aliphatic heterocycles. The van der Waals surface area contributed by atoms with Gasteiger partial charge in [-0.15, -0.1) is 0 Å². The zero-order valence-electron chi connectivity index (χ0n) is 17.8. The molecule has 1 aliphatic rings. The fourth-order valence-corrected chi connectivity index (χ4v) is 2.96. The predicted octanol–water partition coefficient (Wildman–Crippen LogP) is 5.61. The first-order valence-electron chi connectivity index (χ1n) is 9.60. The SMILES string of the molecule is C=CCOC1=C(c2ccc(OC)cc2)C=Nc2cc(OC)cc(OC)c2C1.CC. The van der Waals surface area contributed by atoms with E-state index in [0.29, 0.717) is 18.8 Å². The molecule has 0 bridgehead atoms. The molecule has 5 nitrogen and oxygen atoms in total. The van der Waals surface area contributed by atoms with Crippen LogP contribution in [-0.2, 0) is 11.2 Å². The van der Waals surface area contributed by atoms with Crippen LogP contribution in [0.1, 0.15) is 25.0 Å². The summed E-state index contributed by atoms with van der Waals surface area (Å²) in [7, 11) is 4.92. The van der Waals surface area contributed by atoms with Crippen LogP contribution in [0.2, 0.25) is 0 Å². The highest BCUT2D eigenvalue weighted by Crippen LogP contribution is 2.39. The lowest BCUT2D eigenvalue weighted by Crippen LogP contribution is -2.03. The molecular weight excluding hydrogens is 366 g/mol. The fourth-order valence-electron chi connectivity index (χ4n) is 2.96. The van der Waals surface area contributed by atoms with Crippen molar-refractivity contribution in [2.75, 3.05) is 27.9 Å². The Morgan fingerprint density at radius 2 is 1.66 bits per heavy atom. The average molecular weight is 395 g/mol. The van der Waals surface area contributed by atoms with E-state index in [1.807, 2.05) is 56.5 Å². The van der Waals surface area contributed by atoms with Gasteiger partial charge in [-0.05, 0) is 17.7 Å². The summed E-state index contributed by atoms with van der Waals surface area (Å²) in [5.41, 5.74) is 3.67. The van der Waals surface area contributed by atoms with Gasteiger partial charge in [-0.3, -0.25) is 4.99 Å². The van der Waals surface area contributed by atoms with Gasteiger partial charge in [0.25, 0.3) is 0 Å². The van der Waals surface area contributed by atoms with Crippen molar-refractivity contribution in [3.8, 4) is 17.2 Å². The van der Waals surface area contributed by atoms with Gasteiger partial charge < -0.3 is 18.9 Å². The Balaban J connectivity index is 0.00000145. The van der Waals surface area contributed by atoms with Crippen molar-refractivity contribution in [1.29, 1.82) is 0 Å². The van der Waals surface area contributed by atoms with Crippen molar-refractivity contribution >= 4 is 17.5 Å². The Labute approximate surface area is 173 Å². The summed E-state index contributed by atoms with van der Waals surface area (Å²) in [6, 6.07) is 11.6. The Bertz CT molecular complexity index is 882. The van der Waals surface area contributed by atoms with E-state index in [1.54, 1.807) is 27.4 Å². The van der Waals surface area contributed by atoms with Crippen molar-refractivity contribution in [2.24, 2.45) is 4.99 Å². The topological polar surface area (TPSA) is 49.3 Å². The highest BCUT2D eigenvalue weighted by molar-refractivity contribution is 6.12. The predicted molar refractivity (Wildman–Crippen MR) is 119 cm³/mol. The van der Waals surface area contributed by atoms with Gasteiger partial charge in [0.15, 0.2) is 0 Å². The normalized spacial score (nSPS) is 12.2. The summed E-state index contributed by atoms with van der Waals surface area (Å²) in [5.74, 6) is 3.03. The number of rotatable bonds is 7. The maximum Gasteiger partial charge on any atom is 0.128 e. The second-order valence-electron chi connectivity index (χ2n) is 5.93. The third-order valence-corrected chi connectivity index (χ3v) is 4.36. The smallest absolute Gasteiger partial charge is 0.128 e. The second kappa shape index (κ2) is 11.0.